The largest absolute Gasteiger partial charge is 0.488 e. The first-order valence-electron chi connectivity index (χ1n) is 10.2. The topological polar surface area (TPSA) is 49.9 Å². The van der Waals surface area contributed by atoms with Gasteiger partial charge in [0.1, 0.15) is 12.4 Å². The molecule has 144 valence electrons. The molecular weight excluding hydrogens is 340 g/mol. The molecule has 0 saturated carbocycles. The van der Waals surface area contributed by atoms with E-state index in [2.05, 4.69) is 4.90 Å². The second-order valence-electron chi connectivity index (χ2n) is 7.80. The first kappa shape index (κ1) is 18.1. The van der Waals surface area contributed by atoms with Gasteiger partial charge >= 0.3 is 0 Å². The van der Waals surface area contributed by atoms with E-state index in [0.717, 1.165) is 50.1 Å². The van der Waals surface area contributed by atoms with Gasteiger partial charge < -0.3 is 14.5 Å². The highest BCUT2D eigenvalue weighted by Gasteiger charge is 2.31. The van der Waals surface area contributed by atoms with E-state index in [4.69, 9.17) is 4.74 Å². The van der Waals surface area contributed by atoms with E-state index in [9.17, 15) is 9.59 Å². The Morgan fingerprint density at radius 1 is 0.889 bits per heavy atom. The average molecular weight is 368 g/mol. The van der Waals surface area contributed by atoms with Crippen LogP contribution < -0.4 is 4.74 Å². The van der Waals surface area contributed by atoms with Crippen LogP contribution in [0, 0.1) is 5.92 Å². The highest BCUT2D eigenvalue weighted by Crippen LogP contribution is 2.28. The summed E-state index contributed by atoms with van der Waals surface area (Å²) in [5.41, 5.74) is 1.66. The molecule has 0 atom stereocenters. The summed E-state index contributed by atoms with van der Waals surface area (Å²) < 4.78 is 5.72. The third-order valence-electron chi connectivity index (χ3n) is 5.96. The molecule has 3 aliphatic heterocycles. The van der Waals surface area contributed by atoms with Gasteiger partial charge in [-0.2, -0.15) is 0 Å². The number of nitrogens with zero attached hydrogens (tertiary/aromatic N) is 2. The minimum Gasteiger partial charge on any atom is -0.488 e. The second-order valence-corrected chi connectivity index (χ2v) is 7.80. The highest BCUT2D eigenvalue weighted by atomic mass is 16.5. The van der Waals surface area contributed by atoms with Crippen molar-refractivity contribution in [1.82, 2.24) is 9.80 Å². The molecule has 0 unspecified atom stereocenters. The Hall–Kier alpha value is -2.30. The van der Waals surface area contributed by atoms with Gasteiger partial charge in [-0.25, -0.2) is 0 Å². The maximum absolute atomic E-state index is 12.9. The molecule has 3 aliphatic rings. The molecule has 0 N–H and O–H groups in total. The Balaban J connectivity index is 1.34. The molecule has 27 heavy (non-hydrogen) atoms. The molecule has 2 amide bonds. The number of piperidine rings is 1. The molecule has 0 radical (unpaired) electrons. The number of amides is 2. The average Bonchev–Trinajstić information content (AvgIpc) is 3.02. The van der Waals surface area contributed by atoms with Crippen LogP contribution in [0.4, 0.5) is 0 Å². The standard InChI is InChI=1S/C22H28N2O3/c25-21(23-11-5-1-2-6-12-23)17-9-13-24(14-10-17)22(26)19-15-18-7-3-4-8-20(18)27-16-19/h3-4,7-8,15,17H,1-2,5-6,9-14,16H2. The molecule has 1 aromatic rings. The number of benzene rings is 1. The maximum atomic E-state index is 12.9. The van der Waals surface area contributed by atoms with Crippen molar-refractivity contribution in [2.75, 3.05) is 32.8 Å². The lowest BCUT2D eigenvalue weighted by Gasteiger charge is -2.34. The lowest BCUT2D eigenvalue weighted by Crippen LogP contribution is -2.45. The van der Waals surface area contributed by atoms with Crippen LogP contribution in [0.15, 0.2) is 29.8 Å². The predicted molar refractivity (Wildman–Crippen MR) is 104 cm³/mol. The first-order valence-corrected chi connectivity index (χ1v) is 10.2. The van der Waals surface area contributed by atoms with Crippen molar-refractivity contribution in [3.63, 3.8) is 0 Å². The summed E-state index contributed by atoms with van der Waals surface area (Å²) in [6.45, 7) is 3.44. The number of likely N-dealkylation sites (tertiary alicyclic amines) is 2. The van der Waals surface area contributed by atoms with Crippen LogP contribution in [0.1, 0.15) is 44.1 Å². The van der Waals surface area contributed by atoms with E-state index in [1.165, 1.54) is 12.8 Å². The van der Waals surface area contributed by atoms with E-state index < -0.39 is 0 Å². The Morgan fingerprint density at radius 3 is 2.33 bits per heavy atom. The summed E-state index contributed by atoms with van der Waals surface area (Å²) >= 11 is 0. The maximum Gasteiger partial charge on any atom is 0.253 e. The third-order valence-corrected chi connectivity index (χ3v) is 5.96. The van der Waals surface area contributed by atoms with Crippen LogP contribution in [-0.2, 0) is 9.59 Å². The number of carbonyl (C=O) groups excluding carboxylic acids is 2. The van der Waals surface area contributed by atoms with Crippen molar-refractivity contribution in [2.45, 2.75) is 38.5 Å². The molecule has 1 aromatic carbocycles. The van der Waals surface area contributed by atoms with Crippen LogP contribution >= 0.6 is 0 Å². The second kappa shape index (κ2) is 8.15. The van der Waals surface area contributed by atoms with Crippen molar-refractivity contribution < 1.29 is 14.3 Å². The van der Waals surface area contributed by atoms with Crippen molar-refractivity contribution in [3.05, 3.63) is 35.4 Å². The van der Waals surface area contributed by atoms with Crippen molar-refractivity contribution in [1.29, 1.82) is 0 Å². The van der Waals surface area contributed by atoms with Gasteiger partial charge in [0, 0.05) is 37.7 Å². The molecule has 2 fully saturated rings. The van der Waals surface area contributed by atoms with Gasteiger partial charge in [0.25, 0.3) is 5.91 Å². The van der Waals surface area contributed by atoms with E-state index in [-0.39, 0.29) is 11.8 Å². The summed E-state index contributed by atoms with van der Waals surface area (Å²) in [5.74, 6) is 1.25. The zero-order valence-electron chi connectivity index (χ0n) is 15.9. The molecule has 0 bridgehead atoms. The van der Waals surface area contributed by atoms with Crippen LogP contribution in [-0.4, -0.2) is 54.4 Å². The SMILES string of the molecule is O=C(C1=Cc2ccccc2OC1)N1CCC(C(=O)N2CCCCCC2)CC1. The molecule has 0 aromatic heterocycles. The summed E-state index contributed by atoms with van der Waals surface area (Å²) in [7, 11) is 0. The van der Waals surface area contributed by atoms with E-state index in [1.807, 2.05) is 35.2 Å². The van der Waals surface area contributed by atoms with Gasteiger partial charge in [-0.15, -0.1) is 0 Å². The lowest BCUT2D eigenvalue weighted by atomic mass is 9.94. The van der Waals surface area contributed by atoms with Gasteiger partial charge in [0.2, 0.25) is 5.91 Å². The van der Waals surface area contributed by atoms with Gasteiger partial charge in [-0.1, -0.05) is 31.0 Å². The summed E-state index contributed by atoms with van der Waals surface area (Å²) in [5, 5.41) is 0. The van der Waals surface area contributed by atoms with Gasteiger partial charge in [-0.05, 0) is 37.8 Å². The molecule has 0 aliphatic carbocycles. The van der Waals surface area contributed by atoms with Crippen LogP contribution in [0.3, 0.4) is 0 Å². The number of carbonyl (C=O) groups is 2. The minimum atomic E-state index is 0.0465. The molecule has 2 saturated heterocycles. The summed E-state index contributed by atoms with van der Waals surface area (Å²) in [6, 6.07) is 7.78. The Bertz CT molecular complexity index is 727. The van der Waals surface area contributed by atoms with Crippen molar-refractivity contribution in [3.8, 4) is 5.75 Å². The zero-order chi connectivity index (χ0) is 18.6. The molecule has 4 rings (SSSR count). The fraction of sp³-hybridized carbons (Fsp3) is 0.545. The molecule has 0 spiro atoms. The van der Waals surface area contributed by atoms with E-state index >= 15 is 0 Å². The van der Waals surface area contributed by atoms with Gasteiger partial charge in [0.15, 0.2) is 0 Å². The smallest absolute Gasteiger partial charge is 0.253 e. The van der Waals surface area contributed by atoms with E-state index in [0.29, 0.717) is 31.2 Å². The quantitative estimate of drug-likeness (QED) is 0.806. The monoisotopic (exact) mass is 368 g/mol. The Morgan fingerprint density at radius 2 is 1.59 bits per heavy atom. The Labute approximate surface area is 161 Å². The first-order chi connectivity index (χ1) is 13.2. The molecular formula is C22H28N2O3. The fourth-order valence-electron chi connectivity index (χ4n) is 4.32. The number of rotatable bonds is 2. The fourth-order valence-corrected chi connectivity index (χ4v) is 4.32. The van der Waals surface area contributed by atoms with Gasteiger partial charge in [-0.3, -0.25) is 9.59 Å². The van der Waals surface area contributed by atoms with E-state index in [1.54, 1.807) is 0 Å². The number of para-hydroxylation sites is 1. The minimum absolute atomic E-state index is 0.0465. The number of hydrogen-bond acceptors (Lipinski definition) is 3. The molecule has 3 heterocycles. The normalized spacial score (nSPS) is 21.0. The molecule has 5 nitrogen and oxygen atoms in total. The van der Waals surface area contributed by atoms with Crippen LogP contribution in [0.5, 0.6) is 5.75 Å². The lowest BCUT2D eigenvalue weighted by molar-refractivity contribution is -0.139. The van der Waals surface area contributed by atoms with Gasteiger partial charge in [0.05, 0.1) is 5.57 Å². The van der Waals surface area contributed by atoms with Crippen LogP contribution in [0.2, 0.25) is 0 Å². The molecule has 5 heteroatoms. The number of fused-ring (bicyclic) bond motifs is 1. The van der Waals surface area contributed by atoms with Crippen molar-refractivity contribution >= 4 is 17.9 Å². The predicted octanol–water partition coefficient (Wildman–Crippen LogP) is 3.10. The third kappa shape index (κ3) is 4.02. The number of ether oxygens (including phenoxy) is 1. The summed E-state index contributed by atoms with van der Waals surface area (Å²) in [4.78, 5) is 29.6. The van der Waals surface area contributed by atoms with Crippen LogP contribution in [0.25, 0.3) is 6.08 Å². The summed E-state index contributed by atoms with van der Waals surface area (Å²) in [6.07, 6.45) is 8.19. The highest BCUT2D eigenvalue weighted by molar-refractivity contribution is 5.99. The zero-order valence-corrected chi connectivity index (χ0v) is 15.9. The Kier molecular flexibility index (Phi) is 5.46. The van der Waals surface area contributed by atoms with Crippen molar-refractivity contribution in [2.24, 2.45) is 5.92 Å². The number of hydrogen-bond donors (Lipinski definition) is 0.